The van der Waals surface area contributed by atoms with E-state index in [0.29, 0.717) is 17.2 Å². The summed E-state index contributed by atoms with van der Waals surface area (Å²) in [5.74, 6) is 1.29. The van der Waals surface area contributed by atoms with Gasteiger partial charge in [0, 0.05) is 28.7 Å². The van der Waals surface area contributed by atoms with Crippen LogP contribution in [0.5, 0.6) is 0 Å². The monoisotopic (exact) mass is 245 g/mol. The Labute approximate surface area is 101 Å². The molecule has 0 aromatic rings. The van der Waals surface area contributed by atoms with E-state index in [0.717, 1.165) is 31.6 Å². The highest BCUT2D eigenvalue weighted by molar-refractivity contribution is 7.85. The molecule has 0 aromatic heterocycles. The van der Waals surface area contributed by atoms with E-state index in [1.54, 1.807) is 0 Å². The summed E-state index contributed by atoms with van der Waals surface area (Å²) < 4.78 is 17.8. The number of nitrogens with one attached hydrogen (secondary N) is 1. The first-order valence-corrected chi connectivity index (χ1v) is 7.76. The van der Waals surface area contributed by atoms with E-state index in [4.69, 9.17) is 4.74 Å². The van der Waals surface area contributed by atoms with Gasteiger partial charge < -0.3 is 10.1 Å². The molecule has 0 spiro atoms. The van der Waals surface area contributed by atoms with E-state index >= 15 is 0 Å². The Morgan fingerprint density at radius 3 is 2.75 bits per heavy atom. The van der Waals surface area contributed by atoms with Crippen molar-refractivity contribution in [3.8, 4) is 0 Å². The topological polar surface area (TPSA) is 38.3 Å². The van der Waals surface area contributed by atoms with Gasteiger partial charge in [0.15, 0.2) is 0 Å². The van der Waals surface area contributed by atoms with Crippen LogP contribution in [0, 0.1) is 5.92 Å². The molecule has 5 unspecified atom stereocenters. The van der Waals surface area contributed by atoms with Gasteiger partial charge in [-0.15, -0.1) is 0 Å². The van der Waals surface area contributed by atoms with Gasteiger partial charge in [-0.25, -0.2) is 0 Å². The predicted octanol–water partition coefficient (Wildman–Crippen LogP) is 1.30. The van der Waals surface area contributed by atoms with Crippen LogP contribution in [0.2, 0.25) is 0 Å². The molecule has 4 heteroatoms. The molecule has 2 rings (SSSR count). The minimum Gasteiger partial charge on any atom is -0.377 e. The molecule has 2 fully saturated rings. The van der Waals surface area contributed by atoms with Gasteiger partial charge in [0.2, 0.25) is 0 Å². The number of rotatable bonds is 4. The van der Waals surface area contributed by atoms with Crippen LogP contribution in [0.25, 0.3) is 0 Å². The summed E-state index contributed by atoms with van der Waals surface area (Å²) in [6, 6.07) is 0.554. The van der Waals surface area contributed by atoms with Crippen LogP contribution in [-0.4, -0.2) is 41.0 Å². The van der Waals surface area contributed by atoms with E-state index in [1.807, 2.05) is 7.05 Å². The molecule has 1 aliphatic carbocycles. The first-order chi connectivity index (χ1) is 7.72. The Bertz CT molecular complexity index is 253. The van der Waals surface area contributed by atoms with Crippen molar-refractivity contribution >= 4 is 10.8 Å². The summed E-state index contributed by atoms with van der Waals surface area (Å²) >= 11 is 0. The second kappa shape index (κ2) is 5.61. The quantitative estimate of drug-likeness (QED) is 0.811. The highest BCUT2D eigenvalue weighted by atomic mass is 32.2. The zero-order valence-corrected chi connectivity index (χ0v) is 11.1. The van der Waals surface area contributed by atoms with Gasteiger partial charge in [0.1, 0.15) is 0 Å². The van der Waals surface area contributed by atoms with Crippen LogP contribution < -0.4 is 5.32 Å². The van der Waals surface area contributed by atoms with E-state index in [1.165, 1.54) is 6.42 Å². The Morgan fingerprint density at radius 1 is 1.38 bits per heavy atom. The summed E-state index contributed by atoms with van der Waals surface area (Å²) in [6.07, 6.45) is 4.77. The van der Waals surface area contributed by atoms with Gasteiger partial charge in [-0.1, -0.05) is 6.92 Å². The van der Waals surface area contributed by atoms with Crippen LogP contribution in [0.4, 0.5) is 0 Å². The number of hydrogen-bond acceptors (Lipinski definition) is 3. The lowest BCUT2D eigenvalue weighted by atomic mass is 10.1. The fourth-order valence-electron chi connectivity index (χ4n) is 2.99. The van der Waals surface area contributed by atoms with Crippen molar-refractivity contribution in [2.75, 3.05) is 19.4 Å². The van der Waals surface area contributed by atoms with Gasteiger partial charge >= 0.3 is 0 Å². The van der Waals surface area contributed by atoms with Crippen molar-refractivity contribution in [3.63, 3.8) is 0 Å². The van der Waals surface area contributed by atoms with Crippen LogP contribution >= 0.6 is 0 Å². The van der Waals surface area contributed by atoms with Gasteiger partial charge in [-0.3, -0.25) is 4.21 Å². The average Bonchev–Trinajstić information content (AvgIpc) is 2.87. The average molecular weight is 245 g/mol. The molecule has 16 heavy (non-hydrogen) atoms. The Kier molecular flexibility index (Phi) is 4.39. The van der Waals surface area contributed by atoms with Gasteiger partial charge in [-0.2, -0.15) is 0 Å². The third-order valence-corrected chi connectivity index (χ3v) is 6.11. The van der Waals surface area contributed by atoms with Gasteiger partial charge in [0.05, 0.1) is 11.9 Å². The van der Waals surface area contributed by atoms with Crippen molar-refractivity contribution in [1.82, 2.24) is 5.32 Å². The zero-order valence-electron chi connectivity index (χ0n) is 10.3. The third-order valence-electron chi connectivity index (χ3n) is 4.07. The van der Waals surface area contributed by atoms with Crippen LogP contribution in [0.15, 0.2) is 0 Å². The molecule has 3 nitrogen and oxygen atoms in total. The maximum absolute atomic E-state index is 12.3. The lowest BCUT2D eigenvalue weighted by Crippen LogP contribution is -2.34. The first kappa shape index (κ1) is 12.5. The molecule has 1 saturated heterocycles. The Morgan fingerprint density at radius 2 is 2.19 bits per heavy atom. The Hall–Kier alpha value is 0.0700. The predicted molar refractivity (Wildman–Crippen MR) is 67.0 cm³/mol. The van der Waals surface area contributed by atoms with E-state index in [9.17, 15) is 4.21 Å². The van der Waals surface area contributed by atoms with Gasteiger partial charge in [-0.05, 0) is 38.6 Å². The summed E-state index contributed by atoms with van der Waals surface area (Å²) in [5.41, 5.74) is 0. The minimum absolute atomic E-state index is 0.265. The van der Waals surface area contributed by atoms with Crippen molar-refractivity contribution < 1.29 is 8.95 Å². The molecule has 94 valence electrons. The van der Waals surface area contributed by atoms with Crippen molar-refractivity contribution in [2.24, 2.45) is 5.92 Å². The fraction of sp³-hybridized carbons (Fsp3) is 1.00. The maximum Gasteiger partial charge on any atom is 0.0691 e. The summed E-state index contributed by atoms with van der Waals surface area (Å²) in [5, 5.41) is 3.70. The summed E-state index contributed by atoms with van der Waals surface area (Å²) in [4.78, 5) is 0. The molecule has 1 aliphatic heterocycles. The number of hydrogen-bond donors (Lipinski definition) is 1. The van der Waals surface area contributed by atoms with Crippen LogP contribution in [-0.2, 0) is 15.5 Å². The largest absolute Gasteiger partial charge is 0.377 e. The highest BCUT2D eigenvalue weighted by Gasteiger charge is 2.36. The van der Waals surface area contributed by atoms with Crippen molar-refractivity contribution in [1.29, 1.82) is 0 Å². The molecule has 0 bridgehead atoms. The normalized spacial score (nSPS) is 41.4. The highest BCUT2D eigenvalue weighted by Crippen LogP contribution is 2.30. The smallest absolute Gasteiger partial charge is 0.0691 e. The third kappa shape index (κ3) is 2.66. The van der Waals surface area contributed by atoms with E-state index in [-0.39, 0.29) is 6.10 Å². The van der Waals surface area contributed by atoms with Crippen molar-refractivity contribution in [2.45, 2.75) is 50.0 Å². The lowest BCUT2D eigenvalue weighted by Gasteiger charge is -2.21. The fourth-order valence-corrected chi connectivity index (χ4v) is 4.93. The molecule has 1 N–H and O–H groups in total. The maximum atomic E-state index is 12.3. The summed E-state index contributed by atoms with van der Waals surface area (Å²) in [6.45, 7) is 3.09. The Balaban J connectivity index is 1.85. The molecular weight excluding hydrogens is 222 g/mol. The standard InChI is InChI=1S/C12H23NO2S/c1-9-11(13-2)5-6-12(9)16(14)8-10-4-3-7-15-10/h9-13H,3-8H2,1-2H3. The minimum atomic E-state index is -0.703. The van der Waals surface area contributed by atoms with Crippen molar-refractivity contribution in [3.05, 3.63) is 0 Å². The zero-order chi connectivity index (χ0) is 11.5. The SMILES string of the molecule is CNC1CCC(S(=O)CC2CCCO2)C1C. The molecule has 2 aliphatic rings. The van der Waals surface area contributed by atoms with E-state index < -0.39 is 10.8 Å². The lowest BCUT2D eigenvalue weighted by molar-refractivity contribution is 0.128. The molecule has 0 aromatic carbocycles. The van der Waals surface area contributed by atoms with Crippen LogP contribution in [0.3, 0.4) is 0 Å². The van der Waals surface area contributed by atoms with Crippen LogP contribution in [0.1, 0.15) is 32.6 Å². The van der Waals surface area contributed by atoms with E-state index in [2.05, 4.69) is 12.2 Å². The second-order valence-corrected chi connectivity index (χ2v) is 6.75. The van der Waals surface area contributed by atoms with Gasteiger partial charge in [0.25, 0.3) is 0 Å². The molecule has 1 heterocycles. The molecule has 5 atom stereocenters. The molecular formula is C12H23NO2S. The number of ether oxygens (including phenoxy) is 1. The second-order valence-electron chi connectivity index (χ2n) is 5.05. The molecule has 0 radical (unpaired) electrons. The first-order valence-electron chi connectivity index (χ1n) is 6.38. The molecule has 1 saturated carbocycles. The summed E-state index contributed by atoms with van der Waals surface area (Å²) in [7, 11) is 1.30. The molecule has 0 amide bonds.